The van der Waals surface area contributed by atoms with E-state index in [1.165, 1.54) is 11.3 Å². The van der Waals surface area contributed by atoms with Gasteiger partial charge in [0.05, 0.1) is 6.26 Å². The van der Waals surface area contributed by atoms with Crippen LogP contribution in [0.3, 0.4) is 0 Å². The van der Waals surface area contributed by atoms with Gasteiger partial charge in [-0.25, -0.2) is 0 Å². The monoisotopic (exact) mass is 300 g/mol. The standard InChI is InChI=1S/C18H24N2O2/c1-13(12-17(21)18-9-5-11-22-18)20-16-8-4-10-19-15-7-3-2-6-14(15)16/h2-3,5-7,9,11,13,16-17,19-21H,4,8,10,12H2,1H3/t13-,16+,17+/m1/s1. The molecule has 0 amide bonds. The quantitative estimate of drug-likeness (QED) is 0.789. The van der Waals surface area contributed by atoms with Gasteiger partial charge in [-0.3, -0.25) is 0 Å². The molecular formula is C18H24N2O2. The van der Waals surface area contributed by atoms with Gasteiger partial charge in [-0.05, 0) is 49.9 Å². The van der Waals surface area contributed by atoms with Crippen LogP contribution in [0.2, 0.25) is 0 Å². The normalized spacial score (nSPS) is 20.5. The van der Waals surface area contributed by atoms with E-state index in [0.29, 0.717) is 18.2 Å². The third-order valence-electron chi connectivity index (χ3n) is 4.26. The Hall–Kier alpha value is -1.78. The van der Waals surface area contributed by atoms with Crippen molar-refractivity contribution in [2.75, 3.05) is 11.9 Å². The Morgan fingerprint density at radius 2 is 2.18 bits per heavy atom. The Morgan fingerprint density at radius 1 is 1.32 bits per heavy atom. The van der Waals surface area contributed by atoms with Gasteiger partial charge in [-0.15, -0.1) is 0 Å². The molecule has 1 aromatic heterocycles. The highest BCUT2D eigenvalue weighted by molar-refractivity contribution is 5.53. The number of fused-ring (bicyclic) bond motifs is 1. The van der Waals surface area contributed by atoms with Crippen LogP contribution in [0.25, 0.3) is 0 Å². The maximum absolute atomic E-state index is 10.2. The molecule has 3 rings (SSSR count). The van der Waals surface area contributed by atoms with Gasteiger partial charge in [0.1, 0.15) is 11.9 Å². The number of hydrogen-bond acceptors (Lipinski definition) is 4. The lowest BCUT2D eigenvalue weighted by Gasteiger charge is -2.25. The first kappa shape index (κ1) is 15.1. The first-order valence-electron chi connectivity index (χ1n) is 8.04. The lowest BCUT2D eigenvalue weighted by atomic mass is 9.99. The summed E-state index contributed by atoms with van der Waals surface area (Å²) in [6.45, 7) is 3.13. The number of rotatable bonds is 5. The molecule has 0 radical (unpaired) electrons. The van der Waals surface area contributed by atoms with Crippen molar-refractivity contribution in [3.63, 3.8) is 0 Å². The number of para-hydroxylation sites is 1. The van der Waals surface area contributed by atoms with E-state index in [-0.39, 0.29) is 6.04 Å². The summed E-state index contributed by atoms with van der Waals surface area (Å²) in [5, 5.41) is 17.4. The molecule has 0 bridgehead atoms. The van der Waals surface area contributed by atoms with Crippen LogP contribution < -0.4 is 10.6 Å². The minimum Gasteiger partial charge on any atom is -0.467 e. The number of aliphatic hydroxyl groups excluding tert-OH is 1. The van der Waals surface area contributed by atoms with Crippen LogP contribution in [-0.2, 0) is 0 Å². The first-order chi connectivity index (χ1) is 10.7. The van der Waals surface area contributed by atoms with Gasteiger partial charge in [0.15, 0.2) is 0 Å². The maximum atomic E-state index is 10.2. The predicted octanol–water partition coefficient (Wildman–Crippen LogP) is 3.63. The third kappa shape index (κ3) is 3.51. The molecule has 0 unspecified atom stereocenters. The molecule has 2 heterocycles. The Morgan fingerprint density at radius 3 is 3.00 bits per heavy atom. The van der Waals surface area contributed by atoms with Crippen LogP contribution in [0.5, 0.6) is 0 Å². The summed E-state index contributed by atoms with van der Waals surface area (Å²) < 4.78 is 5.27. The Labute approximate surface area is 131 Å². The molecule has 0 saturated carbocycles. The van der Waals surface area contributed by atoms with Crippen molar-refractivity contribution >= 4 is 5.69 Å². The predicted molar refractivity (Wildman–Crippen MR) is 87.8 cm³/mol. The van der Waals surface area contributed by atoms with E-state index in [2.05, 4.69) is 41.8 Å². The molecule has 1 aliphatic rings. The molecule has 4 nitrogen and oxygen atoms in total. The molecular weight excluding hydrogens is 276 g/mol. The topological polar surface area (TPSA) is 57.4 Å². The summed E-state index contributed by atoms with van der Waals surface area (Å²) in [4.78, 5) is 0. The van der Waals surface area contributed by atoms with Crippen molar-refractivity contribution < 1.29 is 9.52 Å². The van der Waals surface area contributed by atoms with Crippen molar-refractivity contribution in [2.24, 2.45) is 0 Å². The minimum absolute atomic E-state index is 0.205. The maximum Gasteiger partial charge on any atom is 0.132 e. The fourth-order valence-corrected chi connectivity index (χ4v) is 3.16. The molecule has 4 heteroatoms. The van der Waals surface area contributed by atoms with Crippen LogP contribution in [-0.4, -0.2) is 17.7 Å². The molecule has 0 saturated heterocycles. The number of hydrogen-bond donors (Lipinski definition) is 3. The molecule has 3 N–H and O–H groups in total. The molecule has 3 atom stereocenters. The zero-order valence-electron chi connectivity index (χ0n) is 13.0. The highest BCUT2D eigenvalue weighted by atomic mass is 16.4. The molecule has 0 spiro atoms. The summed E-state index contributed by atoms with van der Waals surface area (Å²) in [6.07, 6.45) is 3.92. The SMILES string of the molecule is C[C@H](C[C@H](O)c1ccco1)N[C@H]1CCCNc2ccccc21. The second kappa shape index (κ2) is 6.99. The van der Waals surface area contributed by atoms with E-state index < -0.39 is 6.10 Å². The van der Waals surface area contributed by atoms with Gasteiger partial charge in [0, 0.05) is 24.3 Å². The van der Waals surface area contributed by atoms with Crippen LogP contribution in [0.15, 0.2) is 47.1 Å². The zero-order chi connectivity index (χ0) is 15.4. The van der Waals surface area contributed by atoms with Gasteiger partial charge in [0.25, 0.3) is 0 Å². The van der Waals surface area contributed by atoms with Crippen molar-refractivity contribution in [3.05, 3.63) is 54.0 Å². The average molecular weight is 300 g/mol. The van der Waals surface area contributed by atoms with E-state index >= 15 is 0 Å². The van der Waals surface area contributed by atoms with E-state index in [0.717, 1.165) is 19.4 Å². The molecule has 1 aliphatic heterocycles. The highest BCUT2D eigenvalue weighted by Crippen LogP contribution is 2.30. The van der Waals surface area contributed by atoms with E-state index in [1.54, 1.807) is 6.26 Å². The number of benzene rings is 1. The van der Waals surface area contributed by atoms with Gasteiger partial charge in [-0.2, -0.15) is 0 Å². The number of aliphatic hydroxyl groups is 1. The number of furan rings is 1. The Balaban J connectivity index is 1.65. The Bertz CT molecular complexity index is 583. The fraction of sp³-hybridized carbons (Fsp3) is 0.444. The molecule has 118 valence electrons. The van der Waals surface area contributed by atoms with Gasteiger partial charge >= 0.3 is 0 Å². The van der Waals surface area contributed by atoms with E-state index in [9.17, 15) is 5.11 Å². The van der Waals surface area contributed by atoms with Crippen molar-refractivity contribution in [1.82, 2.24) is 5.32 Å². The summed E-state index contributed by atoms with van der Waals surface area (Å²) in [7, 11) is 0. The average Bonchev–Trinajstić information content (AvgIpc) is 2.98. The van der Waals surface area contributed by atoms with Crippen LogP contribution in [0.1, 0.15) is 49.7 Å². The number of anilines is 1. The third-order valence-corrected chi connectivity index (χ3v) is 4.26. The van der Waals surface area contributed by atoms with Crippen molar-refractivity contribution in [3.8, 4) is 0 Å². The van der Waals surface area contributed by atoms with Gasteiger partial charge in [0.2, 0.25) is 0 Å². The second-order valence-corrected chi connectivity index (χ2v) is 6.04. The summed E-state index contributed by atoms with van der Waals surface area (Å²) >= 11 is 0. The van der Waals surface area contributed by atoms with Crippen molar-refractivity contribution in [2.45, 2.75) is 44.4 Å². The molecule has 22 heavy (non-hydrogen) atoms. The molecule has 1 aromatic carbocycles. The first-order valence-corrected chi connectivity index (χ1v) is 8.04. The largest absolute Gasteiger partial charge is 0.467 e. The lowest BCUT2D eigenvalue weighted by molar-refractivity contribution is 0.126. The summed E-state index contributed by atoms with van der Waals surface area (Å²) in [5.41, 5.74) is 2.54. The summed E-state index contributed by atoms with van der Waals surface area (Å²) in [6, 6.07) is 12.6. The summed E-state index contributed by atoms with van der Waals surface area (Å²) in [5.74, 6) is 0.636. The second-order valence-electron chi connectivity index (χ2n) is 6.04. The van der Waals surface area contributed by atoms with Crippen LogP contribution >= 0.6 is 0 Å². The smallest absolute Gasteiger partial charge is 0.132 e. The zero-order valence-corrected chi connectivity index (χ0v) is 13.0. The highest BCUT2D eigenvalue weighted by Gasteiger charge is 2.21. The van der Waals surface area contributed by atoms with Crippen LogP contribution in [0, 0.1) is 0 Å². The minimum atomic E-state index is -0.559. The van der Waals surface area contributed by atoms with Gasteiger partial charge in [-0.1, -0.05) is 18.2 Å². The molecule has 0 aliphatic carbocycles. The Kier molecular flexibility index (Phi) is 4.80. The van der Waals surface area contributed by atoms with Gasteiger partial charge < -0.3 is 20.2 Å². The fourth-order valence-electron chi connectivity index (χ4n) is 3.16. The lowest BCUT2D eigenvalue weighted by Crippen LogP contribution is -2.31. The van der Waals surface area contributed by atoms with E-state index in [4.69, 9.17) is 4.42 Å². The number of nitrogens with one attached hydrogen (secondary N) is 2. The molecule has 2 aromatic rings. The molecule has 0 fully saturated rings. The van der Waals surface area contributed by atoms with E-state index in [1.807, 2.05) is 12.1 Å². The van der Waals surface area contributed by atoms with Crippen LogP contribution in [0.4, 0.5) is 5.69 Å². The van der Waals surface area contributed by atoms with Crippen molar-refractivity contribution in [1.29, 1.82) is 0 Å².